The third-order valence-electron chi connectivity index (χ3n) is 12.2. The number of para-hydroxylation sites is 1. The molecular formula is C52H36N4O. The normalized spacial score (nSPS) is 14.1. The van der Waals surface area contributed by atoms with Crippen molar-refractivity contribution in [3.05, 3.63) is 174 Å². The summed E-state index contributed by atoms with van der Waals surface area (Å²) in [7, 11) is 0. The van der Waals surface area contributed by atoms with Gasteiger partial charge in [0.05, 0.1) is 11.6 Å². The van der Waals surface area contributed by atoms with Crippen molar-refractivity contribution in [2.24, 2.45) is 0 Å². The van der Waals surface area contributed by atoms with Crippen LogP contribution in [-0.2, 0) is 5.41 Å². The van der Waals surface area contributed by atoms with Crippen molar-refractivity contribution in [2.45, 2.75) is 37.5 Å². The fourth-order valence-corrected chi connectivity index (χ4v) is 9.41. The van der Waals surface area contributed by atoms with Crippen molar-refractivity contribution in [1.82, 2.24) is 15.0 Å². The SMILES string of the molecule is N#Cc1ccc2c(c1)C1(CCCCC1)c1cc(-c3ccc(-c4ccc(-c5nc(-c6ccccc6)nc(-c6cccc7oc8ccccc8c67)n5)cc4)cc3)ccc1-2. The van der Waals surface area contributed by atoms with Crippen LogP contribution in [0, 0.1) is 11.3 Å². The number of aromatic nitrogens is 3. The van der Waals surface area contributed by atoms with Gasteiger partial charge in [-0.25, -0.2) is 15.0 Å². The molecule has 2 aliphatic carbocycles. The molecule has 0 aliphatic heterocycles. The van der Waals surface area contributed by atoms with E-state index in [1.807, 2.05) is 66.7 Å². The predicted molar refractivity (Wildman–Crippen MR) is 228 cm³/mol. The van der Waals surface area contributed by atoms with Gasteiger partial charge in [0.15, 0.2) is 17.5 Å². The van der Waals surface area contributed by atoms with Crippen LogP contribution >= 0.6 is 0 Å². The van der Waals surface area contributed by atoms with Crippen LogP contribution in [0.4, 0.5) is 0 Å². The van der Waals surface area contributed by atoms with Crippen molar-refractivity contribution >= 4 is 21.9 Å². The minimum Gasteiger partial charge on any atom is -0.456 e. The molecule has 0 atom stereocenters. The van der Waals surface area contributed by atoms with Crippen LogP contribution in [0.3, 0.4) is 0 Å². The Balaban J connectivity index is 0.927. The Hall–Kier alpha value is -7.16. The van der Waals surface area contributed by atoms with Gasteiger partial charge in [0.25, 0.3) is 0 Å². The molecular weight excluding hydrogens is 697 g/mol. The second-order valence-electron chi connectivity index (χ2n) is 15.4. The minimum absolute atomic E-state index is 0.00437. The summed E-state index contributed by atoms with van der Waals surface area (Å²) in [5, 5.41) is 11.8. The molecule has 9 aromatic rings. The van der Waals surface area contributed by atoms with Gasteiger partial charge in [0, 0.05) is 32.9 Å². The number of rotatable bonds is 5. The predicted octanol–water partition coefficient (Wildman–Crippen LogP) is 13.2. The van der Waals surface area contributed by atoms with E-state index in [4.69, 9.17) is 19.4 Å². The molecule has 1 fully saturated rings. The molecule has 2 heterocycles. The van der Waals surface area contributed by atoms with E-state index in [2.05, 4.69) is 97.1 Å². The third kappa shape index (κ3) is 5.48. The maximum atomic E-state index is 9.72. The van der Waals surface area contributed by atoms with Crippen molar-refractivity contribution in [2.75, 3.05) is 0 Å². The van der Waals surface area contributed by atoms with Gasteiger partial charge in [-0.15, -0.1) is 0 Å². The van der Waals surface area contributed by atoms with E-state index in [0.717, 1.165) is 68.2 Å². The third-order valence-corrected chi connectivity index (χ3v) is 12.2. The molecule has 0 unspecified atom stereocenters. The molecule has 7 aromatic carbocycles. The van der Waals surface area contributed by atoms with Crippen molar-refractivity contribution in [1.29, 1.82) is 5.26 Å². The van der Waals surface area contributed by atoms with Crippen molar-refractivity contribution < 1.29 is 4.42 Å². The fourth-order valence-electron chi connectivity index (χ4n) is 9.41. The van der Waals surface area contributed by atoms with Gasteiger partial charge in [-0.05, 0) is 87.7 Å². The first-order valence-corrected chi connectivity index (χ1v) is 19.8. The topological polar surface area (TPSA) is 75.6 Å². The fraction of sp³-hybridized carbons (Fsp3) is 0.115. The summed E-state index contributed by atoms with van der Waals surface area (Å²) in [4.78, 5) is 15.1. The van der Waals surface area contributed by atoms with Crippen LogP contribution in [-0.4, -0.2) is 15.0 Å². The first kappa shape index (κ1) is 33.2. The van der Waals surface area contributed by atoms with Crippen LogP contribution in [0.1, 0.15) is 48.8 Å². The van der Waals surface area contributed by atoms with Crippen molar-refractivity contribution in [3.63, 3.8) is 0 Å². The lowest BCUT2D eigenvalue weighted by molar-refractivity contribution is 0.353. The molecule has 0 bridgehead atoms. The number of furan rings is 1. The van der Waals surface area contributed by atoms with E-state index in [1.165, 1.54) is 52.6 Å². The molecule has 5 nitrogen and oxygen atoms in total. The smallest absolute Gasteiger partial charge is 0.164 e. The maximum Gasteiger partial charge on any atom is 0.164 e. The zero-order valence-corrected chi connectivity index (χ0v) is 31.2. The van der Waals surface area contributed by atoms with E-state index >= 15 is 0 Å². The highest BCUT2D eigenvalue weighted by Crippen LogP contribution is 2.56. The van der Waals surface area contributed by atoms with Gasteiger partial charge in [-0.2, -0.15) is 5.26 Å². The van der Waals surface area contributed by atoms with E-state index in [9.17, 15) is 5.26 Å². The van der Waals surface area contributed by atoms with Gasteiger partial charge in [0.2, 0.25) is 0 Å². The Labute approximate surface area is 331 Å². The largest absolute Gasteiger partial charge is 0.456 e. The second kappa shape index (κ2) is 13.3. The molecule has 1 saturated carbocycles. The molecule has 0 saturated heterocycles. The Morgan fingerprint density at radius 3 is 1.74 bits per heavy atom. The maximum absolute atomic E-state index is 9.72. The number of nitriles is 1. The lowest BCUT2D eigenvalue weighted by Gasteiger charge is -2.36. The molecule has 0 amide bonds. The molecule has 2 aromatic heterocycles. The van der Waals surface area contributed by atoms with Crippen LogP contribution < -0.4 is 0 Å². The molecule has 0 radical (unpaired) electrons. The van der Waals surface area contributed by atoms with E-state index < -0.39 is 0 Å². The van der Waals surface area contributed by atoms with Crippen LogP contribution in [0.15, 0.2) is 162 Å². The van der Waals surface area contributed by atoms with Crippen molar-refractivity contribution in [3.8, 4) is 73.6 Å². The Bertz CT molecular complexity index is 3040. The molecule has 0 N–H and O–H groups in total. The number of hydrogen-bond acceptors (Lipinski definition) is 5. The number of nitrogens with zero attached hydrogens (tertiary/aromatic N) is 4. The standard InChI is InChI=1S/C52H36N4O/c53-32-33-16-26-40-41-27-25-39(31-45(41)52(44(40)30-33)28-7-2-8-29-52)36-19-17-34(18-20-36)35-21-23-38(24-22-35)50-54-49(37-10-3-1-4-11-37)55-51(56-50)43-13-9-15-47-48(43)42-12-5-6-14-46(42)57-47/h1,3-6,9-27,30-31H,2,7-8,28-29H2. The molecule has 57 heavy (non-hydrogen) atoms. The van der Waals surface area contributed by atoms with Crippen LogP contribution in [0.5, 0.6) is 0 Å². The van der Waals surface area contributed by atoms with E-state index in [0.29, 0.717) is 17.5 Å². The number of hydrogen-bond donors (Lipinski definition) is 0. The minimum atomic E-state index is -0.00437. The number of benzene rings is 7. The summed E-state index contributed by atoms with van der Waals surface area (Å²) >= 11 is 0. The number of fused-ring (bicyclic) bond motifs is 8. The zero-order valence-electron chi connectivity index (χ0n) is 31.2. The highest BCUT2D eigenvalue weighted by atomic mass is 16.3. The zero-order chi connectivity index (χ0) is 37.9. The van der Waals surface area contributed by atoms with Gasteiger partial charge < -0.3 is 4.42 Å². The second-order valence-corrected chi connectivity index (χ2v) is 15.4. The summed E-state index contributed by atoms with van der Waals surface area (Å²) in [5.74, 6) is 1.84. The molecule has 11 rings (SSSR count). The first-order valence-electron chi connectivity index (χ1n) is 19.8. The van der Waals surface area contributed by atoms with Gasteiger partial charge in [0.1, 0.15) is 11.2 Å². The average Bonchev–Trinajstić information content (AvgIpc) is 3.79. The van der Waals surface area contributed by atoms with Gasteiger partial charge >= 0.3 is 0 Å². The van der Waals surface area contributed by atoms with Gasteiger partial charge in [-0.3, -0.25) is 0 Å². The van der Waals surface area contributed by atoms with E-state index in [1.54, 1.807) is 0 Å². The first-order chi connectivity index (χ1) is 28.1. The summed E-state index contributed by atoms with van der Waals surface area (Å²) in [5.41, 5.74) is 15.2. The Kier molecular flexibility index (Phi) is 7.72. The summed E-state index contributed by atoms with van der Waals surface area (Å²) in [6, 6.07) is 57.3. The Morgan fingerprint density at radius 2 is 1.02 bits per heavy atom. The monoisotopic (exact) mass is 732 g/mol. The average molecular weight is 733 g/mol. The van der Waals surface area contributed by atoms with Crippen LogP contribution in [0.2, 0.25) is 0 Å². The molecule has 270 valence electrons. The highest BCUT2D eigenvalue weighted by molar-refractivity contribution is 6.11. The molecule has 1 spiro atoms. The lowest BCUT2D eigenvalue weighted by Crippen LogP contribution is -2.28. The van der Waals surface area contributed by atoms with E-state index in [-0.39, 0.29) is 5.41 Å². The summed E-state index contributed by atoms with van der Waals surface area (Å²) in [6.07, 6.45) is 5.98. The van der Waals surface area contributed by atoms with Crippen LogP contribution in [0.25, 0.3) is 89.5 Å². The summed E-state index contributed by atoms with van der Waals surface area (Å²) < 4.78 is 6.21. The van der Waals surface area contributed by atoms with Gasteiger partial charge in [-0.1, -0.05) is 147 Å². The lowest BCUT2D eigenvalue weighted by atomic mass is 9.67. The quantitative estimate of drug-likeness (QED) is 0.176. The molecule has 5 heteroatoms. The molecule has 2 aliphatic rings. The Morgan fingerprint density at radius 1 is 0.456 bits per heavy atom. The highest BCUT2D eigenvalue weighted by Gasteiger charge is 2.44. The summed E-state index contributed by atoms with van der Waals surface area (Å²) in [6.45, 7) is 0.